The molecule has 0 spiro atoms. The van der Waals surface area contributed by atoms with E-state index in [1.807, 2.05) is 36.4 Å². The molecule has 0 unspecified atom stereocenters. The minimum absolute atomic E-state index is 0.267. The summed E-state index contributed by atoms with van der Waals surface area (Å²) in [5.41, 5.74) is 0.922. The van der Waals surface area contributed by atoms with Crippen LogP contribution in [0.5, 0.6) is 0 Å². The van der Waals surface area contributed by atoms with Gasteiger partial charge in [-0.2, -0.15) is 5.26 Å². The molecule has 0 atom stereocenters. The second-order valence-corrected chi connectivity index (χ2v) is 5.89. The summed E-state index contributed by atoms with van der Waals surface area (Å²) < 4.78 is 5.11. The third-order valence-corrected chi connectivity index (χ3v) is 3.96. The third-order valence-electron chi connectivity index (χ3n) is 3.72. The molecule has 0 radical (unpaired) electrons. The van der Waals surface area contributed by atoms with E-state index in [4.69, 9.17) is 21.6 Å². The lowest BCUT2D eigenvalue weighted by molar-refractivity contribution is -0.119. The Kier molecular flexibility index (Phi) is 5.16. The SMILES string of the molecule is N#Cc1ccc(Cl)cc1NC(=O)COC(=O)c1cccc2ccccc12. The highest BCUT2D eigenvalue weighted by atomic mass is 35.5. The Labute approximate surface area is 154 Å². The number of halogens is 1. The molecule has 0 heterocycles. The van der Waals surface area contributed by atoms with E-state index in [1.54, 1.807) is 18.2 Å². The first-order valence-corrected chi connectivity index (χ1v) is 8.10. The zero-order chi connectivity index (χ0) is 18.5. The zero-order valence-corrected chi connectivity index (χ0v) is 14.3. The number of ether oxygens (including phenoxy) is 1. The number of nitrogens with zero attached hydrogens (tertiary/aromatic N) is 1. The van der Waals surface area contributed by atoms with Gasteiger partial charge >= 0.3 is 5.97 Å². The molecule has 0 aliphatic heterocycles. The molecule has 0 aliphatic rings. The molecule has 1 N–H and O–H groups in total. The Morgan fingerprint density at radius 3 is 2.65 bits per heavy atom. The van der Waals surface area contributed by atoms with Gasteiger partial charge in [0.25, 0.3) is 5.91 Å². The second kappa shape index (κ2) is 7.68. The first kappa shape index (κ1) is 17.5. The van der Waals surface area contributed by atoms with E-state index in [2.05, 4.69) is 5.32 Å². The van der Waals surface area contributed by atoms with Crippen molar-refractivity contribution in [1.29, 1.82) is 5.26 Å². The minimum Gasteiger partial charge on any atom is -0.452 e. The van der Waals surface area contributed by atoms with Crippen LogP contribution in [0.3, 0.4) is 0 Å². The monoisotopic (exact) mass is 364 g/mol. The first-order chi connectivity index (χ1) is 12.6. The molecule has 1 amide bonds. The number of amides is 1. The van der Waals surface area contributed by atoms with Gasteiger partial charge in [-0.25, -0.2) is 4.79 Å². The molecular formula is C20H13ClN2O3. The Balaban J connectivity index is 1.69. The molecule has 3 rings (SSSR count). The summed E-state index contributed by atoms with van der Waals surface area (Å²) in [6, 6.07) is 19.2. The third kappa shape index (κ3) is 3.82. The molecular weight excluding hydrogens is 352 g/mol. The predicted octanol–water partition coefficient (Wildman–Crippen LogP) is 4.16. The number of nitrogens with one attached hydrogen (secondary N) is 1. The lowest BCUT2D eigenvalue weighted by Gasteiger charge is -2.09. The standard InChI is InChI=1S/C20H13ClN2O3/c21-15-9-8-14(11-22)18(10-15)23-19(24)12-26-20(25)17-7-3-5-13-4-1-2-6-16(13)17/h1-10H,12H2,(H,23,24). The van der Waals surface area contributed by atoms with E-state index in [0.717, 1.165) is 10.8 Å². The van der Waals surface area contributed by atoms with Crippen LogP contribution >= 0.6 is 11.6 Å². The molecule has 0 bridgehead atoms. The van der Waals surface area contributed by atoms with E-state index in [0.29, 0.717) is 10.6 Å². The molecule has 3 aromatic rings. The van der Waals surface area contributed by atoms with Crippen molar-refractivity contribution in [2.75, 3.05) is 11.9 Å². The molecule has 3 aromatic carbocycles. The quantitative estimate of drug-likeness (QED) is 0.705. The molecule has 0 fully saturated rings. The van der Waals surface area contributed by atoms with Crippen molar-refractivity contribution >= 4 is 39.9 Å². The minimum atomic E-state index is -0.594. The number of carbonyl (C=O) groups is 2. The number of fused-ring (bicyclic) bond motifs is 1. The molecule has 6 heteroatoms. The van der Waals surface area contributed by atoms with Crippen LogP contribution in [-0.4, -0.2) is 18.5 Å². The summed E-state index contributed by atoms with van der Waals surface area (Å²) in [4.78, 5) is 24.4. The summed E-state index contributed by atoms with van der Waals surface area (Å²) in [6.45, 7) is -0.473. The van der Waals surface area contributed by atoms with Crippen molar-refractivity contribution < 1.29 is 14.3 Å². The molecule has 0 saturated heterocycles. The van der Waals surface area contributed by atoms with Gasteiger partial charge in [0.05, 0.1) is 16.8 Å². The van der Waals surface area contributed by atoms with Crippen LogP contribution in [0.25, 0.3) is 10.8 Å². The Morgan fingerprint density at radius 1 is 1.08 bits per heavy atom. The van der Waals surface area contributed by atoms with E-state index in [9.17, 15) is 9.59 Å². The lowest BCUT2D eigenvalue weighted by Crippen LogP contribution is -2.21. The molecule has 0 aromatic heterocycles. The van der Waals surface area contributed by atoms with E-state index >= 15 is 0 Å². The van der Waals surface area contributed by atoms with Gasteiger partial charge in [-0.1, -0.05) is 48.0 Å². The highest BCUT2D eigenvalue weighted by molar-refractivity contribution is 6.31. The van der Waals surface area contributed by atoms with Gasteiger partial charge in [-0.15, -0.1) is 0 Å². The normalized spacial score (nSPS) is 10.2. The van der Waals surface area contributed by atoms with Gasteiger partial charge in [0.1, 0.15) is 6.07 Å². The summed E-state index contributed by atoms with van der Waals surface area (Å²) in [7, 11) is 0. The van der Waals surface area contributed by atoms with Crippen molar-refractivity contribution in [3.63, 3.8) is 0 Å². The maximum atomic E-state index is 12.3. The smallest absolute Gasteiger partial charge is 0.339 e. The number of nitriles is 1. The number of anilines is 1. The maximum Gasteiger partial charge on any atom is 0.339 e. The van der Waals surface area contributed by atoms with Gasteiger partial charge in [0, 0.05) is 5.02 Å². The summed E-state index contributed by atoms with van der Waals surface area (Å²) in [6.07, 6.45) is 0. The van der Waals surface area contributed by atoms with Gasteiger partial charge in [-0.3, -0.25) is 4.79 Å². The van der Waals surface area contributed by atoms with E-state index in [1.165, 1.54) is 12.1 Å². The Bertz CT molecular complexity index is 1040. The zero-order valence-electron chi connectivity index (χ0n) is 13.5. The van der Waals surface area contributed by atoms with Crippen LogP contribution in [0.1, 0.15) is 15.9 Å². The number of carbonyl (C=O) groups excluding carboxylic acids is 2. The molecule has 0 aliphatic carbocycles. The highest BCUT2D eigenvalue weighted by Crippen LogP contribution is 2.21. The Hall–Kier alpha value is -3.36. The number of hydrogen-bond acceptors (Lipinski definition) is 4. The molecule has 0 saturated carbocycles. The Morgan fingerprint density at radius 2 is 1.85 bits per heavy atom. The van der Waals surface area contributed by atoms with Gasteiger partial charge in [-0.05, 0) is 35.0 Å². The van der Waals surface area contributed by atoms with Crippen LogP contribution in [0.4, 0.5) is 5.69 Å². The fourth-order valence-electron chi connectivity index (χ4n) is 2.52. The van der Waals surface area contributed by atoms with Crippen molar-refractivity contribution in [3.8, 4) is 6.07 Å². The fourth-order valence-corrected chi connectivity index (χ4v) is 2.69. The van der Waals surface area contributed by atoms with Crippen LogP contribution < -0.4 is 5.32 Å². The average Bonchev–Trinajstić information content (AvgIpc) is 2.66. The predicted molar refractivity (Wildman–Crippen MR) is 99.0 cm³/mol. The van der Waals surface area contributed by atoms with E-state index < -0.39 is 18.5 Å². The van der Waals surface area contributed by atoms with Crippen molar-refractivity contribution in [3.05, 3.63) is 76.8 Å². The van der Waals surface area contributed by atoms with Crippen LogP contribution in [0.2, 0.25) is 5.02 Å². The molecule has 5 nitrogen and oxygen atoms in total. The number of esters is 1. The van der Waals surface area contributed by atoms with Gasteiger partial charge in [0.2, 0.25) is 0 Å². The maximum absolute atomic E-state index is 12.3. The average molecular weight is 365 g/mol. The summed E-state index contributed by atoms with van der Waals surface area (Å²) >= 11 is 5.87. The van der Waals surface area contributed by atoms with Crippen LogP contribution in [0.15, 0.2) is 60.7 Å². The highest BCUT2D eigenvalue weighted by Gasteiger charge is 2.14. The fraction of sp³-hybridized carbons (Fsp3) is 0.0500. The summed E-state index contributed by atoms with van der Waals surface area (Å²) in [5.74, 6) is -1.15. The molecule has 128 valence electrons. The second-order valence-electron chi connectivity index (χ2n) is 5.45. The summed E-state index contributed by atoms with van der Waals surface area (Å²) in [5, 5.41) is 13.6. The van der Waals surface area contributed by atoms with Crippen molar-refractivity contribution in [2.24, 2.45) is 0 Å². The number of hydrogen-bond donors (Lipinski definition) is 1. The largest absolute Gasteiger partial charge is 0.452 e. The topological polar surface area (TPSA) is 79.2 Å². The van der Waals surface area contributed by atoms with E-state index in [-0.39, 0.29) is 11.3 Å². The number of rotatable bonds is 4. The molecule has 26 heavy (non-hydrogen) atoms. The first-order valence-electron chi connectivity index (χ1n) is 7.73. The van der Waals surface area contributed by atoms with Crippen LogP contribution in [-0.2, 0) is 9.53 Å². The van der Waals surface area contributed by atoms with Gasteiger partial charge in [0.15, 0.2) is 6.61 Å². The van der Waals surface area contributed by atoms with Crippen LogP contribution in [0, 0.1) is 11.3 Å². The number of benzene rings is 3. The van der Waals surface area contributed by atoms with Crippen molar-refractivity contribution in [1.82, 2.24) is 0 Å². The van der Waals surface area contributed by atoms with Gasteiger partial charge < -0.3 is 10.1 Å². The lowest BCUT2D eigenvalue weighted by atomic mass is 10.1. The van der Waals surface area contributed by atoms with Crippen molar-refractivity contribution in [2.45, 2.75) is 0 Å².